The first-order valence-corrected chi connectivity index (χ1v) is 9.37. The Hall–Kier alpha value is -2.81. The molecule has 0 aliphatic carbocycles. The third-order valence-corrected chi connectivity index (χ3v) is 5.03. The molecule has 0 amide bonds. The molecular weight excluding hydrogens is 428 g/mol. The van der Waals surface area contributed by atoms with Gasteiger partial charge in [-0.3, -0.25) is 0 Å². The first-order valence-electron chi connectivity index (χ1n) is 9.37. The summed E-state index contributed by atoms with van der Waals surface area (Å²) in [6.45, 7) is 6.50. The number of benzene rings is 1. The fourth-order valence-electron chi connectivity index (χ4n) is 3.42. The highest BCUT2D eigenvalue weighted by Gasteiger charge is 2.36. The number of halogens is 6. The van der Waals surface area contributed by atoms with Crippen molar-refractivity contribution in [3.05, 3.63) is 46.9 Å². The lowest BCUT2D eigenvalue weighted by Crippen LogP contribution is -2.34. The molecule has 0 saturated carbocycles. The minimum atomic E-state index is -4.88. The second kappa shape index (κ2) is 8.74. The van der Waals surface area contributed by atoms with Crippen molar-refractivity contribution in [1.29, 1.82) is 0 Å². The number of likely N-dealkylation sites (tertiary alicyclic amines) is 1. The molecule has 0 atom stereocenters. The molecule has 1 aliphatic rings. The predicted octanol–water partition coefficient (Wildman–Crippen LogP) is 5.02. The van der Waals surface area contributed by atoms with Crippen LogP contribution < -0.4 is 4.90 Å². The van der Waals surface area contributed by atoms with E-state index in [2.05, 4.69) is 19.9 Å². The number of hydrogen-bond acceptors (Lipinski definition) is 5. The van der Waals surface area contributed by atoms with Crippen molar-refractivity contribution >= 4 is 11.4 Å². The van der Waals surface area contributed by atoms with Gasteiger partial charge in [-0.25, -0.2) is 4.85 Å². The Labute approximate surface area is 174 Å². The van der Waals surface area contributed by atoms with E-state index in [1.807, 2.05) is 7.05 Å². The monoisotopic (exact) mass is 447 g/mol. The molecule has 1 aliphatic heterocycles. The summed E-state index contributed by atoms with van der Waals surface area (Å²) < 4.78 is 84.3. The Balaban J connectivity index is 1.87. The van der Waals surface area contributed by atoms with Crippen LogP contribution in [0.3, 0.4) is 0 Å². The number of anilines is 1. The number of alkyl halides is 6. The molecule has 2 heterocycles. The average molecular weight is 447 g/mol. The Morgan fingerprint density at radius 3 is 2.45 bits per heavy atom. The van der Waals surface area contributed by atoms with Gasteiger partial charge in [-0.2, -0.15) is 31.3 Å². The van der Waals surface area contributed by atoms with Crippen molar-refractivity contribution in [2.75, 3.05) is 31.6 Å². The number of nitrogens with zero attached hydrogens (tertiary/aromatic N) is 5. The molecule has 0 N–H and O–H groups in total. The quantitative estimate of drug-likeness (QED) is 0.476. The van der Waals surface area contributed by atoms with Crippen molar-refractivity contribution in [3.8, 4) is 0 Å². The van der Waals surface area contributed by atoms with Gasteiger partial charge in [0, 0.05) is 11.6 Å². The third kappa shape index (κ3) is 5.88. The largest absolute Gasteiger partial charge is 0.407 e. The Kier molecular flexibility index (Phi) is 6.45. The lowest BCUT2D eigenvalue weighted by Gasteiger charge is -2.26. The van der Waals surface area contributed by atoms with Crippen LogP contribution >= 0.6 is 0 Å². The maximum Gasteiger partial charge on any atom is 0.407 e. The minimum Gasteiger partial charge on any atom is -0.355 e. The molecule has 0 radical (unpaired) electrons. The van der Waals surface area contributed by atoms with E-state index < -0.39 is 36.7 Å². The van der Waals surface area contributed by atoms with Crippen molar-refractivity contribution in [3.63, 3.8) is 0 Å². The maximum absolute atomic E-state index is 13.3. The molecule has 1 aromatic heterocycles. The molecular formula is C19H19F6N5O. The summed E-state index contributed by atoms with van der Waals surface area (Å²) in [7, 11) is 1.97. The van der Waals surface area contributed by atoms with Gasteiger partial charge in [-0.15, -0.1) is 0 Å². The zero-order chi connectivity index (χ0) is 22.8. The molecule has 2 aromatic rings. The van der Waals surface area contributed by atoms with E-state index in [0.29, 0.717) is 16.9 Å². The number of hydrogen-bond donors (Lipinski definition) is 0. The summed E-state index contributed by atoms with van der Waals surface area (Å²) in [6, 6.07) is 2.44. The van der Waals surface area contributed by atoms with Crippen LogP contribution in [0.5, 0.6) is 0 Å². The van der Waals surface area contributed by atoms with Gasteiger partial charge in [0.05, 0.1) is 18.7 Å². The first-order chi connectivity index (χ1) is 14.5. The van der Waals surface area contributed by atoms with Crippen LogP contribution in [0.25, 0.3) is 4.85 Å². The topological polar surface area (TPSA) is 49.8 Å². The number of rotatable bonds is 5. The molecule has 1 saturated heterocycles. The van der Waals surface area contributed by atoms with Crippen LogP contribution in [0.4, 0.5) is 37.7 Å². The van der Waals surface area contributed by atoms with E-state index in [1.54, 1.807) is 0 Å². The summed E-state index contributed by atoms with van der Waals surface area (Å²) in [6.07, 6.45) is -8.04. The van der Waals surface area contributed by atoms with Crippen LogP contribution in [0.2, 0.25) is 0 Å². The van der Waals surface area contributed by atoms with Gasteiger partial charge in [0.25, 0.3) is 0 Å². The molecule has 3 rings (SSSR count). The zero-order valence-electron chi connectivity index (χ0n) is 16.5. The Morgan fingerprint density at radius 2 is 1.87 bits per heavy atom. The van der Waals surface area contributed by atoms with Crippen LogP contribution in [-0.4, -0.2) is 47.9 Å². The van der Waals surface area contributed by atoms with Gasteiger partial charge < -0.3 is 14.3 Å². The van der Waals surface area contributed by atoms with E-state index >= 15 is 0 Å². The highest BCUT2D eigenvalue weighted by molar-refractivity contribution is 5.62. The molecule has 31 heavy (non-hydrogen) atoms. The number of piperidine rings is 1. The van der Waals surface area contributed by atoms with Gasteiger partial charge in [0.2, 0.25) is 5.89 Å². The van der Waals surface area contributed by atoms with Crippen LogP contribution in [0.1, 0.15) is 36.0 Å². The van der Waals surface area contributed by atoms with Gasteiger partial charge >= 0.3 is 12.4 Å². The van der Waals surface area contributed by atoms with Gasteiger partial charge in [0.1, 0.15) is 6.54 Å². The summed E-state index contributed by atoms with van der Waals surface area (Å²) in [4.78, 5) is 9.80. The third-order valence-electron chi connectivity index (χ3n) is 5.03. The molecule has 0 spiro atoms. The Morgan fingerprint density at radius 1 is 1.19 bits per heavy atom. The van der Waals surface area contributed by atoms with Crippen molar-refractivity contribution in [2.24, 2.45) is 0 Å². The van der Waals surface area contributed by atoms with Crippen LogP contribution in [0.15, 0.2) is 22.7 Å². The van der Waals surface area contributed by atoms with E-state index in [9.17, 15) is 26.3 Å². The molecule has 168 valence electrons. The zero-order valence-corrected chi connectivity index (χ0v) is 16.5. The van der Waals surface area contributed by atoms with Crippen molar-refractivity contribution in [2.45, 2.75) is 37.7 Å². The smallest absolute Gasteiger partial charge is 0.355 e. The lowest BCUT2D eigenvalue weighted by atomic mass is 9.97. The second-order valence-corrected chi connectivity index (χ2v) is 7.41. The van der Waals surface area contributed by atoms with Crippen LogP contribution in [0, 0.1) is 6.57 Å². The standard InChI is InChI=1S/C19H19F6N5O/c1-26-15-4-3-13(9-14(15)19(23,24)25)30(11-18(20,21)22)10-16-27-17(31-28-16)12-5-7-29(2)8-6-12/h3-4,9,12H,5-8,10-11H2,2H3. The fraction of sp³-hybridized carbons (Fsp3) is 0.526. The van der Waals surface area contributed by atoms with E-state index in [4.69, 9.17) is 11.1 Å². The van der Waals surface area contributed by atoms with Gasteiger partial charge in [-0.1, -0.05) is 11.2 Å². The summed E-state index contributed by atoms with van der Waals surface area (Å²) >= 11 is 0. The van der Waals surface area contributed by atoms with Crippen molar-refractivity contribution in [1.82, 2.24) is 15.0 Å². The Bertz CT molecular complexity index is 940. The second-order valence-electron chi connectivity index (χ2n) is 7.41. The van der Waals surface area contributed by atoms with E-state index in [-0.39, 0.29) is 17.4 Å². The lowest BCUT2D eigenvalue weighted by molar-refractivity contribution is -0.136. The summed E-state index contributed by atoms with van der Waals surface area (Å²) in [5, 5.41) is 3.73. The fourth-order valence-corrected chi connectivity index (χ4v) is 3.42. The van der Waals surface area contributed by atoms with Gasteiger partial charge in [0.15, 0.2) is 11.5 Å². The highest BCUT2D eigenvalue weighted by atomic mass is 19.4. The average Bonchev–Trinajstić information content (AvgIpc) is 3.14. The van der Waals surface area contributed by atoms with E-state index in [1.165, 1.54) is 0 Å². The highest BCUT2D eigenvalue weighted by Crippen LogP contribution is 2.39. The molecule has 0 bridgehead atoms. The molecule has 1 fully saturated rings. The van der Waals surface area contributed by atoms with Crippen molar-refractivity contribution < 1.29 is 30.9 Å². The van der Waals surface area contributed by atoms with Crippen LogP contribution in [-0.2, 0) is 12.7 Å². The van der Waals surface area contributed by atoms with E-state index in [0.717, 1.165) is 38.1 Å². The predicted molar refractivity (Wildman–Crippen MR) is 98.6 cm³/mol. The first kappa shape index (κ1) is 22.9. The molecule has 6 nitrogen and oxygen atoms in total. The maximum atomic E-state index is 13.3. The van der Waals surface area contributed by atoms with Gasteiger partial charge in [-0.05, 0) is 45.1 Å². The summed E-state index contributed by atoms with van der Waals surface area (Å²) in [5.74, 6) is 0.249. The number of aromatic nitrogens is 2. The molecule has 12 heteroatoms. The SMILES string of the molecule is [C-]#[N+]c1ccc(N(Cc2noc(C3CCN(C)CC3)n2)CC(F)(F)F)cc1C(F)(F)F. The molecule has 0 unspecified atom stereocenters. The molecule has 1 aromatic carbocycles. The summed E-state index contributed by atoms with van der Waals surface area (Å²) in [5.41, 5.74) is -2.33. The minimum absolute atomic E-state index is 0.0108. The normalized spacial score (nSPS) is 16.3.